The average molecular weight is 394 g/mol. The van der Waals surface area contributed by atoms with Gasteiger partial charge in [0.1, 0.15) is 11.4 Å². The standard InChI is InChI=1S/C24H31N3O2/c1-24(2,3)29-23(28)27(19-13-14-19)22-20(11-7-15-25-22)21-12-8-16-26(21)17-18-9-5-4-6-10-18/h4-7,9-11,15,19,21H,8,12-14,16-17H2,1-3H3/t21-/m1/s1. The zero-order valence-electron chi connectivity index (χ0n) is 17.7. The molecule has 29 heavy (non-hydrogen) atoms. The molecule has 0 unspecified atom stereocenters. The molecule has 2 fully saturated rings. The first-order chi connectivity index (χ1) is 13.9. The molecule has 5 nitrogen and oxygen atoms in total. The first-order valence-corrected chi connectivity index (χ1v) is 10.7. The van der Waals surface area contributed by atoms with Gasteiger partial charge in [0, 0.05) is 30.4 Å². The van der Waals surface area contributed by atoms with Crippen molar-refractivity contribution in [3.05, 3.63) is 59.8 Å². The summed E-state index contributed by atoms with van der Waals surface area (Å²) in [6, 6.07) is 15.2. The Kier molecular flexibility index (Phi) is 5.59. The molecule has 2 heterocycles. The molecule has 4 rings (SSSR count). The van der Waals surface area contributed by atoms with Gasteiger partial charge < -0.3 is 4.74 Å². The van der Waals surface area contributed by atoms with E-state index in [0.717, 1.165) is 50.2 Å². The van der Waals surface area contributed by atoms with Crippen molar-refractivity contribution in [3.8, 4) is 0 Å². The predicted octanol–water partition coefficient (Wildman–Crippen LogP) is 5.32. The van der Waals surface area contributed by atoms with Crippen molar-refractivity contribution in [3.63, 3.8) is 0 Å². The normalized spacial score (nSPS) is 19.9. The van der Waals surface area contributed by atoms with Crippen molar-refractivity contribution < 1.29 is 9.53 Å². The molecule has 1 saturated carbocycles. The minimum absolute atomic E-state index is 0.197. The fourth-order valence-corrected chi connectivity index (χ4v) is 4.11. The van der Waals surface area contributed by atoms with Crippen molar-refractivity contribution in [2.45, 2.75) is 70.7 Å². The van der Waals surface area contributed by atoms with Crippen LogP contribution in [0, 0.1) is 0 Å². The number of ether oxygens (including phenoxy) is 1. The van der Waals surface area contributed by atoms with Crippen LogP contribution in [0.5, 0.6) is 0 Å². The lowest BCUT2D eigenvalue weighted by Crippen LogP contribution is -2.40. The van der Waals surface area contributed by atoms with Crippen molar-refractivity contribution in [1.29, 1.82) is 0 Å². The molecule has 2 aromatic rings. The lowest BCUT2D eigenvalue weighted by Gasteiger charge is -2.31. The number of anilines is 1. The van der Waals surface area contributed by atoms with Crippen LogP contribution < -0.4 is 4.90 Å². The molecule has 1 aliphatic heterocycles. The van der Waals surface area contributed by atoms with Crippen molar-refractivity contribution in [1.82, 2.24) is 9.88 Å². The number of pyridine rings is 1. The van der Waals surface area contributed by atoms with Crippen LogP contribution in [0.3, 0.4) is 0 Å². The summed E-state index contributed by atoms with van der Waals surface area (Å²) in [5.74, 6) is 0.772. The van der Waals surface area contributed by atoms with E-state index in [1.807, 2.05) is 26.8 Å². The SMILES string of the molecule is CC(C)(C)OC(=O)N(c1ncccc1[C@H]1CCCN1Cc1ccccc1)C1CC1. The van der Waals surface area contributed by atoms with Crippen LogP contribution in [0.4, 0.5) is 10.6 Å². The number of likely N-dealkylation sites (tertiary alicyclic amines) is 1. The van der Waals surface area contributed by atoms with Gasteiger partial charge in [0.25, 0.3) is 0 Å². The number of benzene rings is 1. The number of hydrogen-bond acceptors (Lipinski definition) is 4. The zero-order chi connectivity index (χ0) is 20.4. The van der Waals surface area contributed by atoms with Crippen LogP contribution in [-0.2, 0) is 11.3 Å². The minimum Gasteiger partial charge on any atom is -0.443 e. The highest BCUT2D eigenvalue weighted by Gasteiger charge is 2.40. The number of carbonyl (C=O) groups is 1. The highest BCUT2D eigenvalue weighted by atomic mass is 16.6. The Morgan fingerprint density at radius 3 is 2.59 bits per heavy atom. The monoisotopic (exact) mass is 393 g/mol. The molecule has 0 radical (unpaired) electrons. The highest BCUT2D eigenvalue weighted by Crippen LogP contribution is 2.40. The van der Waals surface area contributed by atoms with E-state index in [4.69, 9.17) is 4.74 Å². The van der Waals surface area contributed by atoms with E-state index in [-0.39, 0.29) is 18.2 Å². The van der Waals surface area contributed by atoms with Crippen LogP contribution in [0.15, 0.2) is 48.7 Å². The van der Waals surface area contributed by atoms with Crippen LogP contribution in [0.2, 0.25) is 0 Å². The smallest absolute Gasteiger partial charge is 0.416 e. The fourth-order valence-electron chi connectivity index (χ4n) is 4.11. The van der Waals surface area contributed by atoms with Gasteiger partial charge in [-0.1, -0.05) is 36.4 Å². The van der Waals surface area contributed by atoms with Gasteiger partial charge in [-0.2, -0.15) is 0 Å². The van der Waals surface area contributed by atoms with Gasteiger partial charge in [-0.3, -0.25) is 9.80 Å². The number of hydrogen-bond donors (Lipinski definition) is 0. The molecule has 1 atom stereocenters. The summed E-state index contributed by atoms with van der Waals surface area (Å²) in [5.41, 5.74) is 1.93. The van der Waals surface area contributed by atoms with Crippen LogP contribution >= 0.6 is 0 Å². The van der Waals surface area contributed by atoms with E-state index in [0.29, 0.717) is 0 Å². The van der Waals surface area contributed by atoms with Gasteiger partial charge in [0.15, 0.2) is 0 Å². The third kappa shape index (κ3) is 4.78. The van der Waals surface area contributed by atoms with E-state index in [1.54, 1.807) is 11.1 Å². The summed E-state index contributed by atoms with van der Waals surface area (Å²) in [7, 11) is 0. The minimum atomic E-state index is -0.522. The molecule has 154 valence electrons. The second-order valence-corrected chi connectivity index (χ2v) is 9.11. The summed E-state index contributed by atoms with van der Waals surface area (Å²) in [4.78, 5) is 22.0. The number of rotatable bonds is 5. The molecule has 1 aliphatic carbocycles. The van der Waals surface area contributed by atoms with Gasteiger partial charge in [-0.25, -0.2) is 9.78 Å². The van der Waals surface area contributed by atoms with Gasteiger partial charge in [-0.05, 0) is 64.6 Å². The summed E-state index contributed by atoms with van der Waals surface area (Å²) >= 11 is 0. The Labute approximate surface area is 173 Å². The lowest BCUT2D eigenvalue weighted by atomic mass is 10.0. The van der Waals surface area contributed by atoms with Gasteiger partial charge in [0.05, 0.1) is 0 Å². The number of nitrogens with zero attached hydrogens (tertiary/aromatic N) is 3. The lowest BCUT2D eigenvalue weighted by molar-refractivity contribution is 0.0576. The van der Waals surface area contributed by atoms with Crippen LogP contribution in [0.1, 0.15) is 63.6 Å². The van der Waals surface area contributed by atoms with Gasteiger partial charge in [-0.15, -0.1) is 0 Å². The Morgan fingerprint density at radius 2 is 1.90 bits per heavy atom. The second-order valence-electron chi connectivity index (χ2n) is 9.11. The molecule has 0 spiro atoms. The maximum Gasteiger partial charge on any atom is 0.416 e. The van der Waals surface area contributed by atoms with E-state index in [2.05, 4.69) is 46.3 Å². The van der Waals surface area contributed by atoms with Crippen molar-refractivity contribution in [2.24, 2.45) is 0 Å². The predicted molar refractivity (Wildman–Crippen MR) is 115 cm³/mol. The quantitative estimate of drug-likeness (QED) is 0.689. The molecule has 0 N–H and O–H groups in total. The number of amides is 1. The van der Waals surface area contributed by atoms with Gasteiger partial charge >= 0.3 is 6.09 Å². The topological polar surface area (TPSA) is 45.7 Å². The molecule has 1 saturated heterocycles. The Hall–Kier alpha value is -2.40. The molecule has 0 bridgehead atoms. The third-order valence-corrected chi connectivity index (χ3v) is 5.50. The molecule has 1 amide bonds. The first kappa shape index (κ1) is 19.9. The maximum atomic E-state index is 13.0. The average Bonchev–Trinajstić information content (AvgIpc) is 3.40. The Bertz CT molecular complexity index is 843. The molecule has 5 heteroatoms. The third-order valence-electron chi connectivity index (χ3n) is 5.50. The van der Waals surface area contributed by atoms with Crippen molar-refractivity contribution in [2.75, 3.05) is 11.4 Å². The number of carbonyl (C=O) groups excluding carboxylic acids is 1. The van der Waals surface area contributed by atoms with E-state index in [9.17, 15) is 4.79 Å². The van der Waals surface area contributed by atoms with Crippen LogP contribution in [0.25, 0.3) is 0 Å². The Balaban J connectivity index is 1.62. The highest BCUT2D eigenvalue weighted by molar-refractivity contribution is 5.89. The number of aromatic nitrogens is 1. The van der Waals surface area contributed by atoms with E-state index in [1.165, 1.54) is 5.56 Å². The Morgan fingerprint density at radius 1 is 1.14 bits per heavy atom. The summed E-state index contributed by atoms with van der Waals surface area (Å²) in [6.45, 7) is 7.70. The van der Waals surface area contributed by atoms with E-state index >= 15 is 0 Å². The summed E-state index contributed by atoms with van der Waals surface area (Å²) in [5, 5.41) is 0. The first-order valence-electron chi connectivity index (χ1n) is 10.7. The van der Waals surface area contributed by atoms with Gasteiger partial charge in [0.2, 0.25) is 0 Å². The zero-order valence-corrected chi connectivity index (χ0v) is 17.7. The molecule has 2 aliphatic rings. The molecule has 1 aromatic carbocycles. The molecule has 1 aromatic heterocycles. The molecular formula is C24H31N3O2. The second kappa shape index (κ2) is 8.15. The maximum absolute atomic E-state index is 13.0. The summed E-state index contributed by atoms with van der Waals surface area (Å²) in [6.07, 6.45) is 5.75. The van der Waals surface area contributed by atoms with E-state index < -0.39 is 5.60 Å². The summed E-state index contributed by atoms with van der Waals surface area (Å²) < 4.78 is 5.73. The fraction of sp³-hybridized carbons (Fsp3) is 0.500. The van der Waals surface area contributed by atoms with Crippen LogP contribution in [-0.4, -0.2) is 34.2 Å². The largest absolute Gasteiger partial charge is 0.443 e. The molecular weight excluding hydrogens is 362 g/mol. The van der Waals surface area contributed by atoms with Crippen molar-refractivity contribution >= 4 is 11.9 Å².